The number of halogens is 5. The van der Waals surface area contributed by atoms with Gasteiger partial charge in [0.25, 0.3) is 6.43 Å². The first-order valence-electron chi connectivity index (χ1n) is 3.91. The van der Waals surface area contributed by atoms with Crippen molar-refractivity contribution in [3.05, 3.63) is 37.7 Å². The molecule has 0 spiro atoms. The third kappa shape index (κ3) is 2.57. The standard InChI is InChI=1S/C7H3F5N2O3/c8-6(9)5-4(7(10,11)12)2(15)1-3(13-5)14(16)17/h1,6H,(H,13,15). The van der Waals surface area contributed by atoms with Gasteiger partial charge in [-0.2, -0.15) is 13.2 Å². The van der Waals surface area contributed by atoms with Crippen molar-refractivity contribution < 1.29 is 26.9 Å². The largest absolute Gasteiger partial charge is 0.424 e. The quantitative estimate of drug-likeness (QED) is 0.502. The van der Waals surface area contributed by atoms with Gasteiger partial charge in [-0.3, -0.25) is 4.79 Å². The summed E-state index contributed by atoms with van der Waals surface area (Å²) in [7, 11) is 0. The van der Waals surface area contributed by atoms with Crippen LogP contribution in [-0.4, -0.2) is 9.91 Å². The van der Waals surface area contributed by atoms with Crippen molar-refractivity contribution >= 4 is 5.82 Å². The van der Waals surface area contributed by atoms with E-state index in [2.05, 4.69) is 0 Å². The van der Waals surface area contributed by atoms with Gasteiger partial charge in [-0.1, -0.05) is 0 Å². The van der Waals surface area contributed by atoms with Crippen LogP contribution in [0.4, 0.5) is 27.8 Å². The molecule has 0 aliphatic carbocycles. The molecule has 1 rings (SSSR count). The van der Waals surface area contributed by atoms with Crippen LogP contribution >= 0.6 is 0 Å². The van der Waals surface area contributed by atoms with E-state index in [0.717, 1.165) is 0 Å². The average Bonchev–Trinajstić information content (AvgIpc) is 2.13. The Hall–Kier alpha value is -2.00. The van der Waals surface area contributed by atoms with E-state index in [4.69, 9.17) is 0 Å². The molecule has 0 aliphatic heterocycles. The molecule has 1 aromatic rings. The molecule has 0 fully saturated rings. The maximum Gasteiger partial charge on any atom is 0.424 e. The van der Waals surface area contributed by atoms with Crippen molar-refractivity contribution in [2.75, 3.05) is 0 Å². The van der Waals surface area contributed by atoms with Gasteiger partial charge in [0.15, 0.2) is 11.3 Å². The highest BCUT2D eigenvalue weighted by Crippen LogP contribution is 2.33. The Balaban J connectivity index is 3.62. The van der Waals surface area contributed by atoms with E-state index in [1.54, 1.807) is 0 Å². The highest BCUT2D eigenvalue weighted by molar-refractivity contribution is 5.32. The predicted octanol–water partition coefficient (Wildman–Crippen LogP) is 2.24. The van der Waals surface area contributed by atoms with E-state index < -0.39 is 40.0 Å². The van der Waals surface area contributed by atoms with Crippen LogP contribution in [0.1, 0.15) is 17.7 Å². The molecule has 0 saturated carbocycles. The van der Waals surface area contributed by atoms with E-state index >= 15 is 0 Å². The van der Waals surface area contributed by atoms with Crippen LogP contribution in [0.5, 0.6) is 0 Å². The maximum atomic E-state index is 12.3. The molecule has 0 bridgehead atoms. The monoisotopic (exact) mass is 258 g/mol. The van der Waals surface area contributed by atoms with Crippen LogP contribution in [0, 0.1) is 10.1 Å². The van der Waals surface area contributed by atoms with Gasteiger partial charge in [0, 0.05) is 0 Å². The normalized spacial score (nSPS) is 11.9. The minimum atomic E-state index is -5.31. The first-order valence-corrected chi connectivity index (χ1v) is 3.91. The first-order chi connectivity index (χ1) is 7.64. The lowest BCUT2D eigenvalue weighted by Crippen LogP contribution is -2.23. The second kappa shape index (κ2) is 4.11. The van der Waals surface area contributed by atoms with Crippen LogP contribution in [0.15, 0.2) is 10.9 Å². The average molecular weight is 258 g/mol. The van der Waals surface area contributed by atoms with Crippen molar-refractivity contribution in [3.63, 3.8) is 0 Å². The highest BCUT2D eigenvalue weighted by atomic mass is 19.4. The summed E-state index contributed by atoms with van der Waals surface area (Å²) in [6, 6.07) is 0.00863. The van der Waals surface area contributed by atoms with E-state index in [0.29, 0.717) is 0 Å². The summed E-state index contributed by atoms with van der Waals surface area (Å²) in [4.78, 5) is 21.2. The topological polar surface area (TPSA) is 76.0 Å². The minimum absolute atomic E-state index is 0.00863. The summed E-state index contributed by atoms with van der Waals surface area (Å²) < 4.78 is 61.4. The number of nitrogens with one attached hydrogen (secondary N) is 1. The Morgan fingerprint density at radius 2 is 1.88 bits per heavy atom. The summed E-state index contributed by atoms with van der Waals surface area (Å²) in [6.45, 7) is 0. The minimum Gasteiger partial charge on any atom is -0.358 e. The van der Waals surface area contributed by atoms with Crippen LogP contribution in [-0.2, 0) is 6.18 Å². The van der Waals surface area contributed by atoms with E-state index in [9.17, 15) is 36.9 Å². The SMILES string of the molecule is O=c1cc([N+](=O)[O-])[nH]c(C(F)F)c1C(F)(F)F. The van der Waals surface area contributed by atoms with Crippen molar-refractivity contribution in [2.24, 2.45) is 0 Å². The zero-order valence-corrected chi connectivity index (χ0v) is 7.72. The van der Waals surface area contributed by atoms with Crippen molar-refractivity contribution in [3.8, 4) is 0 Å². The molecule has 1 N–H and O–H groups in total. The molecule has 0 amide bonds. The molecule has 0 atom stereocenters. The first kappa shape index (κ1) is 13.1. The number of hydrogen-bond donors (Lipinski definition) is 1. The predicted molar refractivity (Wildman–Crippen MR) is 43.7 cm³/mol. The van der Waals surface area contributed by atoms with Crippen LogP contribution in [0.2, 0.25) is 0 Å². The summed E-state index contributed by atoms with van der Waals surface area (Å²) in [6.07, 6.45) is -8.99. The van der Waals surface area contributed by atoms with Gasteiger partial charge in [0.05, 0.1) is 6.07 Å². The third-order valence-electron chi connectivity index (χ3n) is 1.74. The summed E-state index contributed by atoms with van der Waals surface area (Å²) >= 11 is 0. The fourth-order valence-corrected chi connectivity index (χ4v) is 1.12. The molecule has 0 aliphatic rings. The maximum absolute atomic E-state index is 12.3. The lowest BCUT2D eigenvalue weighted by Gasteiger charge is -2.09. The summed E-state index contributed by atoms with van der Waals surface area (Å²) in [5.74, 6) is -1.22. The smallest absolute Gasteiger partial charge is 0.358 e. The number of hydrogen-bond acceptors (Lipinski definition) is 3. The Morgan fingerprint density at radius 3 is 2.24 bits per heavy atom. The Kier molecular flexibility index (Phi) is 3.16. The number of pyridine rings is 1. The Morgan fingerprint density at radius 1 is 1.35 bits per heavy atom. The molecule has 1 aromatic heterocycles. The van der Waals surface area contributed by atoms with E-state index in [-0.39, 0.29) is 6.07 Å². The number of nitrogens with zero attached hydrogens (tertiary/aromatic N) is 1. The van der Waals surface area contributed by atoms with Crippen molar-refractivity contribution in [1.29, 1.82) is 0 Å². The third-order valence-corrected chi connectivity index (χ3v) is 1.74. The number of rotatable bonds is 2. The molecule has 0 radical (unpaired) electrons. The molecule has 10 heteroatoms. The Labute approximate surface area is 89.0 Å². The molecular weight excluding hydrogens is 255 g/mol. The zero-order valence-electron chi connectivity index (χ0n) is 7.72. The van der Waals surface area contributed by atoms with Gasteiger partial charge < -0.3 is 10.1 Å². The van der Waals surface area contributed by atoms with Crippen LogP contribution in [0.3, 0.4) is 0 Å². The number of aromatic nitrogens is 1. The van der Waals surface area contributed by atoms with E-state index in [1.807, 2.05) is 0 Å². The number of aromatic amines is 1. The molecule has 0 saturated heterocycles. The zero-order chi connectivity index (χ0) is 13.4. The Bertz CT molecular complexity index is 507. The van der Waals surface area contributed by atoms with Crippen molar-refractivity contribution in [2.45, 2.75) is 12.6 Å². The van der Waals surface area contributed by atoms with Gasteiger partial charge >= 0.3 is 12.0 Å². The number of alkyl halides is 5. The number of H-pyrrole nitrogens is 1. The molecule has 0 unspecified atom stereocenters. The summed E-state index contributed by atoms with van der Waals surface area (Å²) in [5, 5.41) is 10.2. The van der Waals surface area contributed by atoms with Crippen molar-refractivity contribution in [1.82, 2.24) is 4.98 Å². The molecule has 5 nitrogen and oxygen atoms in total. The van der Waals surface area contributed by atoms with E-state index in [1.165, 1.54) is 4.98 Å². The lowest BCUT2D eigenvalue weighted by atomic mass is 10.1. The second-order valence-electron chi connectivity index (χ2n) is 2.86. The number of nitro groups is 1. The molecule has 17 heavy (non-hydrogen) atoms. The van der Waals surface area contributed by atoms with Gasteiger partial charge in [-0.25, -0.2) is 13.8 Å². The second-order valence-corrected chi connectivity index (χ2v) is 2.86. The van der Waals surface area contributed by atoms with Gasteiger partial charge in [-0.05, 0) is 4.92 Å². The highest BCUT2D eigenvalue weighted by Gasteiger charge is 2.41. The molecule has 0 aromatic carbocycles. The fraction of sp³-hybridized carbons (Fsp3) is 0.286. The van der Waals surface area contributed by atoms with Gasteiger partial charge in [0.2, 0.25) is 5.43 Å². The van der Waals surface area contributed by atoms with Gasteiger partial charge in [-0.15, -0.1) is 0 Å². The molecular formula is C7H3F5N2O3. The molecule has 94 valence electrons. The fourth-order valence-electron chi connectivity index (χ4n) is 1.12. The van der Waals surface area contributed by atoms with Crippen LogP contribution < -0.4 is 5.43 Å². The summed E-state index contributed by atoms with van der Waals surface area (Å²) in [5.41, 5.74) is -5.81. The lowest BCUT2D eigenvalue weighted by molar-refractivity contribution is -0.389. The van der Waals surface area contributed by atoms with Crippen LogP contribution in [0.25, 0.3) is 0 Å². The van der Waals surface area contributed by atoms with Gasteiger partial charge in [0.1, 0.15) is 0 Å². The molecule has 1 heterocycles.